The maximum absolute atomic E-state index is 13.5. The molecule has 0 spiro atoms. The maximum atomic E-state index is 13.5. The molecule has 1 heterocycles. The first-order valence-electron chi connectivity index (χ1n) is 11.9. The normalized spacial score (nSPS) is 19.8. The lowest BCUT2D eigenvalue weighted by Crippen LogP contribution is -2.51. The van der Waals surface area contributed by atoms with Crippen LogP contribution in [0.5, 0.6) is 0 Å². The van der Waals surface area contributed by atoms with Gasteiger partial charge >= 0.3 is 0 Å². The van der Waals surface area contributed by atoms with Gasteiger partial charge in [0.15, 0.2) is 0 Å². The molecule has 1 amide bonds. The predicted molar refractivity (Wildman–Crippen MR) is 131 cm³/mol. The fourth-order valence-electron chi connectivity index (χ4n) is 5.17. The quantitative estimate of drug-likeness (QED) is 0.729. The highest BCUT2D eigenvalue weighted by Crippen LogP contribution is 2.30. The molecule has 7 heteroatoms. The summed E-state index contributed by atoms with van der Waals surface area (Å²) in [4.78, 5) is 15.3. The van der Waals surface area contributed by atoms with E-state index in [-0.39, 0.29) is 11.9 Å². The summed E-state index contributed by atoms with van der Waals surface area (Å²) in [7, 11) is -3.57. The Labute approximate surface area is 198 Å². The van der Waals surface area contributed by atoms with Gasteiger partial charge in [0.2, 0.25) is 15.9 Å². The lowest BCUT2D eigenvalue weighted by atomic mass is 9.88. The monoisotopic (exact) mass is 469 g/mol. The maximum Gasteiger partial charge on any atom is 0.243 e. The van der Waals surface area contributed by atoms with Crippen LogP contribution in [0.25, 0.3) is 0 Å². The van der Waals surface area contributed by atoms with Crippen molar-refractivity contribution in [2.24, 2.45) is 0 Å². The number of nitrogens with zero attached hydrogens (tertiary/aromatic N) is 2. The number of carbonyl (C=O) groups excluding carboxylic acids is 1. The molecule has 0 radical (unpaired) electrons. The van der Waals surface area contributed by atoms with Gasteiger partial charge in [0, 0.05) is 26.2 Å². The van der Waals surface area contributed by atoms with Crippen LogP contribution >= 0.6 is 0 Å². The summed E-state index contributed by atoms with van der Waals surface area (Å²) in [5.41, 5.74) is 6.20. The van der Waals surface area contributed by atoms with E-state index in [1.807, 2.05) is 39.8 Å². The number of nitrogens with one attached hydrogen (secondary N) is 1. The molecule has 1 aliphatic carbocycles. The van der Waals surface area contributed by atoms with Crippen LogP contribution < -0.4 is 5.32 Å². The molecule has 4 rings (SSSR count). The van der Waals surface area contributed by atoms with Gasteiger partial charge in [-0.3, -0.25) is 9.69 Å². The van der Waals surface area contributed by atoms with E-state index in [0.29, 0.717) is 37.6 Å². The molecule has 2 aliphatic rings. The van der Waals surface area contributed by atoms with E-state index in [1.165, 1.54) is 11.1 Å². The average Bonchev–Trinajstić information content (AvgIpc) is 2.78. The topological polar surface area (TPSA) is 69.7 Å². The largest absolute Gasteiger partial charge is 0.348 e. The van der Waals surface area contributed by atoms with Crippen molar-refractivity contribution in [3.63, 3.8) is 0 Å². The Morgan fingerprint density at radius 2 is 1.64 bits per heavy atom. The number of piperazine rings is 1. The minimum Gasteiger partial charge on any atom is -0.348 e. The minimum atomic E-state index is -3.57. The zero-order valence-corrected chi connectivity index (χ0v) is 21.0. The van der Waals surface area contributed by atoms with Crippen molar-refractivity contribution in [3.8, 4) is 0 Å². The van der Waals surface area contributed by atoms with Crippen molar-refractivity contribution in [1.29, 1.82) is 0 Å². The van der Waals surface area contributed by atoms with E-state index in [1.54, 1.807) is 4.31 Å². The molecule has 0 bridgehead atoms. The summed E-state index contributed by atoms with van der Waals surface area (Å²) in [5.74, 6) is 0.00834. The second kappa shape index (κ2) is 9.57. The zero-order chi connectivity index (χ0) is 23.8. The Balaban J connectivity index is 1.37. The fraction of sp³-hybridized carbons (Fsp3) is 0.500. The van der Waals surface area contributed by atoms with Gasteiger partial charge in [-0.25, -0.2) is 8.42 Å². The molecule has 1 atom stereocenters. The van der Waals surface area contributed by atoms with Gasteiger partial charge in [0.1, 0.15) is 0 Å². The van der Waals surface area contributed by atoms with Crippen LogP contribution in [0.15, 0.2) is 35.2 Å². The van der Waals surface area contributed by atoms with Gasteiger partial charge < -0.3 is 5.32 Å². The molecule has 0 unspecified atom stereocenters. The third-order valence-electron chi connectivity index (χ3n) is 7.30. The Kier molecular flexibility index (Phi) is 6.93. The molecule has 6 nitrogen and oxygen atoms in total. The molecular formula is C26H35N3O3S. The van der Waals surface area contributed by atoms with Crippen molar-refractivity contribution in [1.82, 2.24) is 14.5 Å². The molecule has 2 aromatic rings. The zero-order valence-electron chi connectivity index (χ0n) is 20.1. The highest BCUT2D eigenvalue weighted by Gasteiger charge is 2.32. The molecule has 1 aliphatic heterocycles. The van der Waals surface area contributed by atoms with E-state index in [2.05, 4.69) is 28.4 Å². The van der Waals surface area contributed by atoms with E-state index < -0.39 is 10.0 Å². The van der Waals surface area contributed by atoms with Gasteiger partial charge in [-0.15, -0.1) is 0 Å². The van der Waals surface area contributed by atoms with Crippen LogP contribution in [-0.2, 0) is 21.2 Å². The first-order valence-corrected chi connectivity index (χ1v) is 13.3. The molecule has 33 heavy (non-hydrogen) atoms. The van der Waals surface area contributed by atoms with Crippen LogP contribution in [0.1, 0.15) is 52.3 Å². The van der Waals surface area contributed by atoms with E-state index in [0.717, 1.165) is 41.5 Å². The Bertz CT molecular complexity index is 1130. The van der Waals surface area contributed by atoms with E-state index in [4.69, 9.17) is 0 Å². The number of aryl methyl sites for hydroxylation is 3. The van der Waals surface area contributed by atoms with Crippen LogP contribution in [-0.4, -0.2) is 56.3 Å². The van der Waals surface area contributed by atoms with Crippen LogP contribution in [0.3, 0.4) is 0 Å². The first kappa shape index (κ1) is 23.9. The lowest BCUT2D eigenvalue weighted by Gasteiger charge is -2.35. The van der Waals surface area contributed by atoms with Crippen molar-refractivity contribution in [3.05, 3.63) is 63.7 Å². The number of benzene rings is 2. The molecule has 0 saturated carbocycles. The van der Waals surface area contributed by atoms with Gasteiger partial charge in [0.25, 0.3) is 0 Å². The Hall–Kier alpha value is -2.22. The second-order valence-electron chi connectivity index (χ2n) is 9.48. The van der Waals surface area contributed by atoms with E-state index >= 15 is 0 Å². The summed E-state index contributed by atoms with van der Waals surface area (Å²) in [6.07, 6.45) is 3.11. The minimum absolute atomic E-state index is 0.00834. The number of hydrogen-bond acceptors (Lipinski definition) is 4. The first-order chi connectivity index (χ1) is 15.7. The van der Waals surface area contributed by atoms with Crippen molar-refractivity contribution < 1.29 is 13.2 Å². The number of hydrogen-bond donors (Lipinski definition) is 1. The van der Waals surface area contributed by atoms with E-state index in [9.17, 15) is 13.2 Å². The summed E-state index contributed by atoms with van der Waals surface area (Å²) in [6.45, 7) is 9.89. The van der Waals surface area contributed by atoms with Gasteiger partial charge in [-0.05, 0) is 80.3 Å². The number of amides is 1. The Morgan fingerprint density at radius 3 is 2.30 bits per heavy atom. The van der Waals surface area contributed by atoms with Crippen LogP contribution in [0.4, 0.5) is 0 Å². The highest BCUT2D eigenvalue weighted by atomic mass is 32.2. The number of sulfonamides is 1. The third kappa shape index (κ3) is 4.86. The molecule has 1 fully saturated rings. The molecule has 1 saturated heterocycles. The molecule has 1 N–H and O–H groups in total. The highest BCUT2D eigenvalue weighted by molar-refractivity contribution is 7.89. The summed E-state index contributed by atoms with van der Waals surface area (Å²) in [6, 6.07) is 10.5. The number of carbonyl (C=O) groups is 1. The molecular weight excluding hydrogens is 434 g/mol. The molecule has 0 aromatic heterocycles. The van der Waals surface area contributed by atoms with Crippen molar-refractivity contribution in [2.45, 2.75) is 57.9 Å². The lowest BCUT2D eigenvalue weighted by molar-refractivity contribution is -0.123. The van der Waals surface area contributed by atoms with Crippen molar-refractivity contribution in [2.75, 3.05) is 32.7 Å². The van der Waals surface area contributed by atoms with Gasteiger partial charge in [-0.1, -0.05) is 30.3 Å². The summed E-state index contributed by atoms with van der Waals surface area (Å²) in [5, 5.41) is 3.20. The molecule has 178 valence electrons. The SMILES string of the molecule is Cc1cc(C)c(C)c(S(=O)(=O)N2CCN(CC(=O)N[C@H]3CCCc4ccccc43)CC2)c1C. The predicted octanol–water partition coefficient (Wildman–Crippen LogP) is 3.42. The fourth-order valence-corrected chi connectivity index (χ4v) is 7.17. The smallest absolute Gasteiger partial charge is 0.243 e. The number of rotatable bonds is 5. The summed E-state index contributed by atoms with van der Waals surface area (Å²) >= 11 is 0. The Morgan fingerprint density at radius 1 is 1.00 bits per heavy atom. The number of fused-ring (bicyclic) bond motifs is 1. The summed E-state index contributed by atoms with van der Waals surface area (Å²) < 4.78 is 28.5. The van der Waals surface area contributed by atoms with Crippen LogP contribution in [0, 0.1) is 27.7 Å². The van der Waals surface area contributed by atoms with Gasteiger partial charge in [0.05, 0.1) is 17.5 Å². The van der Waals surface area contributed by atoms with Crippen LogP contribution in [0.2, 0.25) is 0 Å². The standard InChI is InChI=1S/C26H35N3O3S/c1-18-16-19(2)21(4)26(20(18)3)33(31,32)29-14-12-28(13-15-29)17-25(30)27-24-11-7-9-22-8-5-6-10-23(22)24/h5-6,8,10,16,24H,7,9,11-15,17H2,1-4H3,(H,27,30)/t24-/m0/s1. The second-order valence-corrected chi connectivity index (χ2v) is 11.4. The molecule has 2 aromatic carbocycles. The third-order valence-corrected chi connectivity index (χ3v) is 9.47. The average molecular weight is 470 g/mol. The van der Waals surface area contributed by atoms with Gasteiger partial charge in [-0.2, -0.15) is 4.31 Å². The van der Waals surface area contributed by atoms with Crippen molar-refractivity contribution >= 4 is 15.9 Å².